The molecule has 5 aromatic rings. The van der Waals surface area contributed by atoms with E-state index in [0.29, 0.717) is 47.1 Å². The topological polar surface area (TPSA) is 83.6 Å². The SMILES string of the molecule is CC(C)(Cc1ccccc1)C(=O)NS(=O)(=O)c1ccccc1-c1ccc(CN2C(=O)c3ccccc3CCc3cc(F)cc(F)c32)cc1. The van der Waals surface area contributed by atoms with Crippen LogP contribution >= 0.6 is 0 Å². The average Bonchev–Trinajstić information content (AvgIpc) is 3.06. The predicted molar refractivity (Wildman–Crippen MR) is 182 cm³/mol. The molecule has 6 nitrogen and oxygen atoms in total. The number of benzene rings is 5. The molecule has 6 rings (SSSR count). The van der Waals surface area contributed by atoms with Crippen molar-refractivity contribution in [1.29, 1.82) is 0 Å². The number of halogens is 2. The maximum absolute atomic E-state index is 15.3. The molecule has 244 valence electrons. The minimum absolute atomic E-state index is 0.00446. The predicted octanol–water partition coefficient (Wildman–Crippen LogP) is 7.65. The van der Waals surface area contributed by atoms with E-state index < -0.39 is 38.9 Å². The second-order valence-corrected chi connectivity index (χ2v) is 14.3. The van der Waals surface area contributed by atoms with E-state index in [1.807, 2.05) is 42.5 Å². The highest BCUT2D eigenvalue weighted by atomic mass is 32.2. The molecule has 9 heteroatoms. The third kappa shape index (κ3) is 6.78. The fourth-order valence-electron chi connectivity index (χ4n) is 6.14. The van der Waals surface area contributed by atoms with Crippen LogP contribution in [-0.4, -0.2) is 20.2 Å². The minimum atomic E-state index is -4.26. The van der Waals surface area contributed by atoms with Gasteiger partial charge in [-0.15, -0.1) is 0 Å². The lowest BCUT2D eigenvalue weighted by atomic mass is 9.85. The third-order valence-corrected chi connectivity index (χ3v) is 10.0. The van der Waals surface area contributed by atoms with E-state index in [1.165, 1.54) is 17.0 Å². The Kier molecular flexibility index (Phi) is 8.99. The summed E-state index contributed by atoms with van der Waals surface area (Å²) in [6, 6.07) is 31.9. The third-order valence-electron chi connectivity index (χ3n) is 8.65. The zero-order chi connectivity index (χ0) is 34.1. The van der Waals surface area contributed by atoms with Crippen molar-refractivity contribution in [3.8, 4) is 11.1 Å². The van der Waals surface area contributed by atoms with E-state index in [-0.39, 0.29) is 17.1 Å². The van der Waals surface area contributed by atoms with Crippen LogP contribution < -0.4 is 9.62 Å². The summed E-state index contributed by atoms with van der Waals surface area (Å²) in [4.78, 5) is 28.4. The number of rotatable bonds is 8. The highest BCUT2D eigenvalue weighted by Gasteiger charge is 2.33. The molecule has 0 aromatic heterocycles. The normalized spacial score (nSPS) is 13.2. The van der Waals surface area contributed by atoms with Crippen LogP contribution in [0.25, 0.3) is 11.1 Å². The van der Waals surface area contributed by atoms with Gasteiger partial charge in [0.2, 0.25) is 5.91 Å². The summed E-state index contributed by atoms with van der Waals surface area (Å²) in [6.45, 7) is 3.40. The van der Waals surface area contributed by atoms with Crippen molar-refractivity contribution >= 4 is 27.5 Å². The number of amides is 2. The van der Waals surface area contributed by atoms with Crippen LogP contribution in [0.2, 0.25) is 0 Å². The lowest BCUT2D eigenvalue weighted by Crippen LogP contribution is -2.41. The molecule has 1 heterocycles. The van der Waals surface area contributed by atoms with Gasteiger partial charge in [0.25, 0.3) is 15.9 Å². The smallest absolute Gasteiger partial charge is 0.264 e. The Hall–Kier alpha value is -5.15. The van der Waals surface area contributed by atoms with Gasteiger partial charge in [-0.25, -0.2) is 21.9 Å². The maximum Gasteiger partial charge on any atom is 0.264 e. The molecule has 0 aliphatic carbocycles. The maximum atomic E-state index is 15.3. The second-order valence-electron chi connectivity index (χ2n) is 12.6. The first-order valence-corrected chi connectivity index (χ1v) is 17.1. The number of nitrogens with zero attached hydrogens (tertiary/aromatic N) is 1. The van der Waals surface area contributed by atoms with Crippen LogP contribution in [0, 0.1) is 17.0 Å². The summed E-state index contributed by atoms with van der Waals surface area (Å²) in [7, 11) is -4.26. The van der Waals surface area contributed by atoms with Crippen molar-refractivity contribution in [1.82, 2.24) is 4.72 Å². The summed E-state index contributed by atoms with van der Waals surface area (Å²) in [6.07, 6.45) is 1.18. The molecule has 0 unspecified atom stereocenters. The highest BCUT2D eigenvalue weighted by molar-refractivity contribution is 7.90. The Bertz CT molecular complexity index is 2110. The van der Waals surface area contributed by atoms with Gasteiger partial charge in [0, 0.05) is 22.6 Å². The molecule has 0 bridgehead atoms. The Labute approximate surface area is 279 Å². The molecule has 48 heavy (non-hydrogen) atoms. The van der Waals surface area contributed by atoms with Crippen molar-refractivity contribution in [2.45, 2.75) is 44.6 Å². The number of anilines is 1. The van der Waals surface area contributed by atoms with Crippen molar-refractivity contribution in [3.05, 3.63) is 155 Å². The Morgan fingerprint density at radius 2 is 1.40 bits per heavy atom. The molecular formula is C39H34F2N2O4S. The number of sulfonamides is 1. The van der Waals surface area contributed by atoms with Gasteiger partial charge in [0.1, 0.15) is 11.6 Å². The van der Waals surface area contributed by atoms with Crippen LogP contribution in [0.1, 0.15) is 46.5 Å². The molecule has 1 aliphatic heterocycles. The van der Waals surface area contributed by atoms with Crippen LogP contribution in [0.4, 0.5) is 14.5 Å². The fraction of sp³-hybridized carbons (Fsp3) is 0.179. The minimum Gasteiger partial charge on any atom is -0.301 e. The molecule has 0 radical (unpaired) electrons. The van der Waals surface area contributed by atoms with Crippen LogP contribution in [0.3, 0.4) is 0 Å². The zero-order valence-corrected chi connectivity index (χ0v) is 27.4. The summed E-state index contributed by atoms with van der Waals surface area (Å²) >= 11 is 0. The van der Waals surface area contributed by atoms with Gasteiger partial charge in [0.15, 0.2) is 0 Å². The van der Waals surface area contributed by atoms with E-state index in [4.69, 9.17) is 0 Å². The standard InChI is InChI=1S/C39H34F2N2O4S/c1-39(2,24-26-10-4-3-5-11-26)38(45)42-48(46,47)35-15-9-8-13-32(35)29-18-16-27(17-19-29)25-43-36-30(22-31(40)23-34(36)41)21-20-28-12-6-7-14-33(28)37(43)44/h3-19,22-23H,20-21,24-25H2,1-2H3,(H,42,45). The number of hydrogen-bond donors (Lipinski definition) is 1. The van der Waals surface area contributed by atoms with E-state index in [0.717, 1.165) is 17.2 Å². The number of carbonyl (C=O) groups excluding carboxylic acids is 2. The molecule has 0 atom stereocenters. The Morgan fingerprint density at radius 1 is 0.771 bits per heavy atom. The monoisotopic (exact) mass is 664 g/mol. The zero-order valence-electron chi connectivity index (χ0n) is 26.5. The fourth-order valence-corrected chi connectivity index (χ4v) is 7.50. The highest BCUT2D eigenvalue weighted by Crippen LogP contribution is 2.34. The summed E-state index contributed by atoms with van der Waals surface area (Å²) < 4.78 is 59.1. The summed E-state index contributed by atoms with van der Waals surface area (Å²) in [5.41, 5.74) is 3.21. The first-order valence-electron chi connectivity index (χ1n) is 15.6. The number of fused-ring (bicyclic) bond motifs is 2. The van der Waals surface area contributed by atoms with Crippen LogP contribution in [0.15, 0.2) is 120 Å². The van der Waals surface area contributed by atoms with Gasteiger partial charge in [-0.1, -0.05) is 105 Å². The lowest BCUT2D eigenvalue weighted by Gasteiger charge is -2.29. The Balaban J connectivity index is 1.28. The Morgan fingerprint density at radius 3 is 2.12 bits per heavy atom. The van der Waals surface area contributed by atoms with Gasteiger partial charge in [-0.3, -0.25) is 9.59 Å². The largest absolute Gasteiger partial charge is 0.301 e. The summed E-state index contributed by atoms with van der Waals surface area (Å²) in [5, 5.41) is 0. The number of hydrogen-bond acceptors (Lipinski definition) is 4. The van der Waals surface area contributed by atoms with E-state index in [1.54, 1.807) is 68.4 Å². The van der Waals surface area contributed by atoms with Crippen molar-refractivity contribution in [3.63, 3.8) is 0 Å². The molecule has 0 saturated carbocycles. The molecule has 1 aliphatic rings. The van der Waals surface area contributed by atoms with Gasteiger partial charge in [0.05, 0.1) is 17.1 Å². The van der Waals surface area contributed by atoms with Crippen molar-refractivity contribution < 1.29 is 26.8 Å². The molecule has 0 fully saturated rings. The first-order chi connectivity index (χ1) is 22.9. The summed E-state index contributed by atoms with van der Waals surface area (Å²) in [5.74, 6) is -2.55. The van der Waals surface area contributed by atoms with Crippen LogP contribution in [0.5, 0.6) is 0 Å². The number of carbonyl (C=O) groups is 2. The van der Waals surface area contributed by atoms with Crippen molar-refractivity contribution in [2.24, 2.45) is 5.41 Å². The molecule has 0 saturated heterocycles. The van der Waals surface area contributed by atoms with Gasteiger partial charge in [-0.2, -0.15) is 0 Å². The number of aryl methyl sites for hydroxylation is 2. The molecule has 0 spiro atoms. The quantitative estimate of drug-likeness (QED) is 0.185. The van der Waals surface area contributed by atoms with Gasteiger partial charge < -0.3 is 4.90 Å². The van der Waals surface area contributed by atoms with E-state index in [9.17, 15) is 22.4 Å². The molecular weight excluding hydrogens is 631 g/mol. The van der Waals surface area contributed by atoms with E-state index >= 15 is 4.39 Å². The first kappa shape index (κ1) is 32.8. The van der Waals surface area contributed by atoms with Crippen LogP contribution in [-0.2, 0) is 40.6 Å². The van der Waals surface area contributed by atoms with Gasteiger partial charge >= 0.3 is 0 Å². The average molecular weight is 665 g/mol. The lowest BCUT2D eigenvalue weighted by molar-refractivity contribution is -0.127. The molecule has 1 N–H and O–H groups in total. The molecule has 5 aromatic carbocycles. The second kappa shape index (κ2) is 13.2. The van der Waals surface area contributed by atoms with Gasteiger partial charge in [-0.05, 0) is 65.3 Å². The van der Waals surface area contributed by atoms with E-state index in [2.05, 4.69) is 4.72 Å². The van der Waals surface area contributed by atoms with Crippen molar-refractivity contribution in [2.75, 3.05) is 4.90 Å². The number of nitrogens with one attached hydrogen (secondary N) is 1. The molecule has 2 amide bonds.